The fourth-order valence-corrected chi connectivity index (χ4v) is 1.55. The van der Waals surface area contributed by atoms with Crippen LogP contribution < -0.4 is 16.0 Å². The first kappa shape index (κ1) is 19.1. The molecular formula is C16H22N4O4. The smallest absolute Gasteiger partial charge is 0.407 e. The van der Waals surface area contributed by atoms with Crippen LogP contribution in [-0.2, 0) is 16.1 Å². The van der Waals surface area contributed by atoms with E-state index < -0.39 is 17.6 Å². The average Bonchev–Trinajstić information content (AvgIpc) is 3.00. The summed E-state index contributed by atoms with van der Waals surface area (Å²) in [4.78, 5) is 23.2. The molecule has 0 aromatic carbocycles. The Bertz CT molecular complexity index is 609. The van der Waals surface area contributed by atoms with Crippen molar-refractivity contribution in [1.82, 2.24) is 16.0 Å². The topological polar surface area (TPSA) is 116 Å². The number of carbonyl (C=O) groups is 2. The van der Waals surface area contributed by atoms with Crippen molar-refractivity contribution in [3.8, 4) is 6.07 Å². The molecule has 8 nitrogen and oxygen atoms in total. The summed E-state index contributed by atoms with van der Waals surface area (Å²) in [6, 6.07) is 5.24. The zero-order chi connectivity index (χ0) is 18.0. The van der Waals surface area contributed by atoms with Crippen molar-refractivity contribution in [2.45, 2.75) is 32.9 Å². The van der Waals surface area contributed by atoms with E-state index >= 15 is 0 Å². The second-order valence-electron chi connectivity index (χ2n) is 5.81. The summed E-state index contributed by atoms with van der Waals surface area (Å²) in [7, 11) is 0. The molecule has 2 amide bonds. The van der Waals surface area contributed by atoms with Crippen molar-refractivity contribution in [3.05, 3.63) is 35.9 Å². The molecule has 1 aromatic rings. The number of hydrogen-bond acceptors (Lipinski definition) is 6. The first-order valence-corrected chi connectivity index (χ1v) is 7.43. The molecule has 0 saturated heterocycles. The van der Waals surface area contributed by atoms with E-state index in [4.69, 9.17) is 14.4 Å². The molecule has 1 heterocycles. The third kappa shape index (κ3) is 7.89. The van der Waals surface area contributed by atoms with E-state index in [9.17, 15) is 9.59 Å². The Morgan fingerprint density at radius 1 is 1.33 bits per heavy atom. The van der Waals surface area contributed by atoms with Crippen molar-refractivity contribution in [1.29, 1.82) is 5.26 Å². The molecule has 0 bridgehead atoms. The molecule has 130 valence electrons. The molecule has 0 aliphatic heterocycles. The van der Waals surface area contributed by atoms with Crippen molar-refractivity contribution >= 4 is 12.0 Å². The summed E-state index contributed by atoms with van der Waals surface area (Å²) in [5.74, 6) is 0.0802. The first-order valence-electron chi connectivity index (χ1n) is 7.43. The molecule has 0 aliphatic carbocycles. The first-order chi connectivity index (χ1) is 11.3. The van der Waals surface area contributed by atoms with E-state index in [0.717, 1.165) is 0 Å². The number of carbonyl (C=O) groups excluding carboxylic acids is 2. The Morgan fingerprint density at radius 3 is 2.67 bits per heavy atom. The van der Waals surface area contributed by atoms with Gasteiger partial charge in [0.1, 0.15) is 23.0 Å². The van der Waals surface area contributed by atoms with E-state index in [0.29, 0.717) is 12.3 Å². The SMILES string of the molecule is CC(C)(C)OC(=O)NCCN/C=C(/C#N)C(=O)NCc1ccco1. The highest BCUT2D eigenvalue weighted by Gasteiger charge is 2.15. The highest BCUT2D eigenvalue weighted by atomic mass is 16.6. The molecule has 24 heavy (non-hydrogen) atoms. The van der Waals surface area contributed by atoms with Crippen LogP contribution in [0.25, 0.3) is 0 Å². The molecule has 8 heteroatoms. The maximum atomic E-state index is 11.8. The second kappa shape index (κ2) is 9.25. The molecule has 0 unspecified atom stereocenters. The third-order valence-corrected chi connectivity index (χ3v) is 2.55. The molecular weight excluding hydrogens is 312 g/mol. The van der Waals surface area contributed by atoms with Gasteiger partial charge >= 0.3 is 6.09 Å². The van der Waals surface area contributed by atoms with Gasteiger partial charge in [-0.3, -0.25) is 4.79 Å². The zero-order valence-corrected chi connectivity index (χ0v) is 14.0. The summed E-state index contributed by atoms with van der Waals surface area (Å²) in [6.07, 6.45) is 2.28. The van der Waals surface area contributed by atoms with Gasteiger partial charge in [0.2, 0.25) is 0 Å². The number of nitrogens with one attached hydrogen (secondary N) is 3. The van der Waals surface area contributed by atoms with E-state index in [1.165, 1.54) is 12.5 Å². The lowest BCUT2D eigenvalue weighted by Crippen LogP contribution is -2.35. The van der Waals surface area contributed by atoms with E-state index in [2.05, 4.69) is 16.0 Å². The number of rotatable bonds is 7. The van der Waals surface area contributed by atoms with E-state index in [1.807, 2.05) is 0 Å². The van der Waals surface area contributed by atoms with Crippen LogP contribution in [0.15, 0.2) is 34.6 Å². The maximum absolute atomic E-state index is 11.8. The van der Waals surface area contributed by atoms with Gasteiger partial charge < -0.3 is 25.1 Å². The molecule has 3 N–H and O–H groups in total. The summed E-state index contributed by atoms with van der Waals surface area (Å²) in [5, 5.41) is 16.9. The Morgan fingerprint density at radius 2 is 2.08 bits per heavy atom. The van der Waals surface area contributed by atoms with Gasteiger partial charge in [-0.2, -0.15) is 5.26 Å². The Balaban J connectivity index is 2.29. The molecule has 0 aliphatic rings. The number of furan rings is 1. The average molecular weight is 334 g/mol. The Labute approximate surface area is 140 Å². The van der Waals surface area contributed by atoms with Crippen LogP contribution in [0.2, 0.25) is 0 Å². The molecule has 0 fully saturated rings. The number of hydrogen-bond donors (Lipinski definition) is 3. The van der Waals surface area contributed by atoms with Crippen LogP contribution in [0.5, 0.6) is 0 Å². The third-order valence-electron chi connectivity index (χ3n) is 2.55. The number of nitriles is 1. The predicted molar refractivity (Wildman–Crippen MR) is 86.5 cm³/mol. The zero-order valence-electron chi connectivity index (χ0n) is 14.0. The largest absolute Gasteiger partial charge is 0.467 e. The summed E-state index contributed by atoms with van der Waals surface area (Å²) >= 11 is 0. The summed E-state index contributed by atoms with van der Waals surface area (Å²) < 4.78 is 10.2. The highest BCUT2D eigenvalue weighted by molar-refractivity contribution is 5.97. The molecule has 0 atom stereocenters. The van der Waals surface area contributed by atoms with Gasteiger partial charge in [0, 0.05) is 19.3 Å². The second-order valence-corrected chi connectivity index (χ2v) is 5.81. The number of nitrogens with zero attached hydrogens (tertiary/aromatic N) is 1. The quantitative estimate of drug-likeness (QED) is 0.394. The predicted octanol–water partition coefficient (Wildman–Crippen LogP) is 1.42. The molecule has 1 rings (SSSR count). The number of amides is 2. The molecule has 0 saturated carbocycles. The van der Waals surface area contributed by atoms with Crippen molar-refractivity contribution in [2.75, 3.05) is 13.1 Å². The number of ether oxygens (including phenoxy) is 1. The lowest BCUT2D eigenvalue weighted by atomic mass is 10.2. The fourth-order valence-electron chi connectivity index (χ4n) is 1.55. The summed E-state index contributed by atoms with van der Waals surface area (Å²) in [5.41, 5.74) is -0.629. The fraction of sp³-hybridized carbons (Fsp3) is 0.438. The van der Waals surface area contributed by atoms with Gasteiger partial charge in [-0.05, 0) is 32.9 Å². The molecule has 0 radical (unpaired) electrons. The van der Waals surface area contributed by atoms with Crippen LogP contribution in [-0.4, -0.2) is 30.7 Å². The monoisotopic (exact) mass is 334 g/mol. The lowest BCUT2D eigenvalue weighted by molar-refractivity contribution is -0.117. The van der Waals surface area contributed by atoms with Crippen molar-refractivity contribution in [3.63, 3.8) is 0 Å². The minimum absolute atomic E-state index is 0.0705. The van der Waals surface area contributed by atoms with Crippen LogP contribution in [0.3, 0.4) is 0 Å². The normalized spacial score (nSPS) is 11.3. The van der Waals surface area contributed by atoms with Gasteiger partial charge in [0.25, 0.3) is 5.91 Å². The van der Waals surface area contributed by atoms with E-state index in [1.54, 1.807) is 39.0 Å². The Hall–Kier alpha value is -2.95. The van der Waals surface area contributed by atoms with E-state index in [-0.39, 0.29) is 18.7 Å². The molecule has 1 aromatic heterocycles. The maximum Gasteiger partial charge on any atom is 0.407 e. The standard InChI is InChI=1S/C16H22N4O4/c1-16(2,3)24-15(22)19-7-6-18-10-12(9-17)14(21)20-11-13-5-4-8-23-13/h4-5,8,10,18H,6-7,11H2,1-3H3,(H,19,22)(H,20,21)/b12-10-. The van der Waals surface area contributed by atoms with Crippen molar-refractivity contribution < 1.29 is 18.7 Å². The van der Waals surface area contributed by atoms with Gasteiger partial charge in [0.15, 0.2) is 0 Å². The van der Waals surface area contributed by atoms with Gasteiger partial charge in [-0.15, -0.1) is 0 Å². The van der Waals surface area contributed by atoms with Crippen LogP contribution in [0.1, 0.15) is 26.5 Å². The summed E-state index contributed by atoms with van der Waals surface area (Å²) in [6.45, 7) is 6.15. The van der Waals surface area contributed by atoms with Gasteiger partial charge in [0.05, 0.1) is 12.8 Å². The van der Waals surface area contributed by atoms with Crippen LogP contribution in [0.4, 0.5) is 4.79 Å². The minimum Gasteiger partial charge on any atom is -0.467 e. The Kier molecular flexibility index (Phi) is 7.36. The highest BCUT2D eigenvalue weighted by Crippen LogP contribution is 2.06. The number of alkyl carbamates (subject to hydrolysis) is 1. The van der Waals surface area contributed by atoms with Crippen LogP contribution >= 0.6 is 0 Å². The van der Waals surface area contributed by atoms with Crippen LogP contribution in [0, 0.1) is 11.3 Å². The molecule has 0 spiro atoms. The minimum atomic E-state index is -0.558. The lowest BCUT2D eigenvalue weighted by Gasteiger charge is -2.19. The van der Waals surface area contributed by atoms with Gasteiger partial charge in [-0.25, -0.2) is 4.79 Å². The van der Waals surface area contributed by atoms with Gasteiger partial charge in [-0.1, -0.05) is 0 Å². The van der Waals surface area contributed by atoms with Crippen molar-refractivity contribution in [2.24, 2.45) is 0 Å².